The summed E-state index contributed by atoms with van der Waals surface area (Å²) in [5.41, 5.74) is 1.69. The third-order valence-electron chi connectivity index (χ3n) is 4.12. The van der Waals surface area contributed by atoms with Crippen molar-refractivity contribution in [1.29, 1.82) is 0 Å². The first-order valence-corrected chi connectivity index (χ1v) is 8.03. The van der Waals surface area contributed by atoms with Crippen LogP contribution in [0.5, 0.6) is 5.75 Å². The number of amides is 2. The second-order valence-corrected chi connectivity index (χ2v) is 5.78. The highest BCUT2D eigenvalue weighted by atomic mass is 19.1. The number of imide groups is 1. The predicted octanol–water partition coefficient (Wildman–Crippen LogP) is 3.78. The van der Waals surface area contributed by atoms with Crippen molar-refractivity contribution in [3.63, 3.8) is 0 Å². The molecule has 0 fully saturated rings. The number of benzene rings is 2. The van der Waals surface area contributed by atoms with Crippen molar-refractivity contribution in [3.8, 4) is 5.75 Å². The van der Waals surface area contributed by atoms with E-state index in [-0.39, 0.29) is 6.54 Å². The minimum atomic E-state index is -0.489. The first-order chi connectivity index (χ1) is 12.1. The van der Waals surface area contributed by atoms with E-state index in [0.29, 0.717) is 24.0 Å². The zero-order valence-electron chi connectivity index (χ0n) is 13.9. The number of allylic oxidation sites excluding steroid dienone is 1. The molecule has 1 aliphatic heterocycles. The molecule has 0 saturated carbocycles. The molecular weight excluding hydrogens is 321 g/mol. The van der Waals surface area contributed by atoms with E-state index in [1.165, 1.54) is 6.08 Å². The maximum Gasteiger partial charge on any atom is 0.261 e. The number of rotatable bonds is 6. The van der Waals surface area contributed by atoms with Gasteiger partial charge in [0.1, 0.15) is 11.6 Å². The second kappa shape index (κ2) is 7.30. The first-order valence-electron chi connectivity index (χ1n) is 8.03. The van der Waals surface area contributed by atoms with Gasteiger partial charge in [-0.25, -0.2) is 4.39 Å². The third-order valence-corrected chi connectivity index (χ3v) is 4.12. The molecule has 3 rings (SSSR count). The number of ether oxygens (including phenoxy) is 1. The standard InChI is InChI=1S/C20H18FNO3/c1-25-16-9-5-7-14(12-16)6-4-8-15(21)13-22-19(23)17-10-2-3-11-18(17)20(22)24/h2-3,5,7-12H,4,6,13H2,1H3. The van der Waals surface area contributed by atoms with Crippen molar-refractivity contribution in [2.75, 3.05) is 13.7 Å². The van der Waals surface area contributed by atoms with Crippen molar-refractivity contribution >= 4 is 11.8 Å². The summed E-state index contributed by atoms with van der Waals surface area (Å²) >= 11 is 0. The number of carbonyl (C=O) groups excluding carboxylic acids is 2. The summed E-state index contributed by atoms with van der Waals surface area (Å²) in [6, 6.07) is 14.1. The molecule has 0 bridgehead atoms. The molecule has 2 aromatic rings. The molecule has 2 amide bonds. The monoisotopic (exact) mass is 339 g/mol. The number of fused-ring (bicyclic) bond motifs is 1. The lowest BCUT2D eigenvalue weighted by molar-refractivity contribution is 0.0660. The van der Waals surface area contributed by atoms with Gasteiger partial charge < -0.3 is 4.74 Å². The molecule has 4 nitrogen and oxygen atoms in total. The van der Waals surface area contributed by atoms with E-state index < -0.39 is 17.6 Å². The average molecular weight is 339 g/mol. The van der Waals surface area contributed by atoms with E-state index >= 15 is 0 Å². The number of aryl methyl sites for hydroxylation is 1. The molecule has 5 heteroatoms. The zero-order chi connectivity index (χ0) is 17.8. The van der Waals surface area contributed by atoms with Crippen LogP contribution in [0.15, 0.2) is 60.4 Å². The minimum Gasteiger partial charge on any atom is -0.497 e. The van der Waals surface area contributed by atoms with Crippen LogP contribution in [-0.2, 0) is 6.42 Å². The summed E-state index contributed by atoms with van der Waals surface area (Å²) in [6.07, 6.45) is 2.54. The smallest absolute Gasteiger partial charge is 0.261 e. The molecular formula is C20H18FNO3. The van der Waals surface area contributed by atoms with Crippen molar-refractivity contribution in [1.82, 2.24) is 4.90 Å². The highest BCUT2D eigenvalue weighted by Gasteiger charge is 2.35. The summed E-state index contributed by atoms with van der Waals surface area (Å²) < 4.78 is 19.3. The Labute approximate surface area is 145 Å². The second-order valence-electron chi connectivity index (χ2n) is 5.78. The van der Waals surface area contributed by atoms with Crippen molar-refractivity contribution in [3.05, 3.63) is 77.1 Å². The number of nitrogens with zero attached hydrogens (tertiary/aromatic N) is 1. The topological polar surface area (TPSA) is 46.6 Å². The van der Waals surface area contributed by atoms with Gasteiger partial charge in [-0.15, -0.1) is 0 Å². The molecule has 25 heavy (non-hydrogen) atoms. The van der Waals surface area contributed by atoms with Crippen LogP contribution in [0, 0.1) is 0 Å². The Morgan fingerprint density at radius 1 is 1.08 bits per heavy atom. The van der Waals surface area contributed by atoms with Crippen LogP contribution < -0.4 is 4.74 Å². The van der Waals surface area contributed by atoms with Gasteiger partial charge in [-0.05, 0) is 42.7 Å². The zero-order valence-corrected chi connectivity index (χ0v) is 13.9. The SMILES string of the molecule is COc1cccc(CCC=C(F)CN2C(=O)c3ccccc3C2=O)c1. The molecule has 128 valence electrons. The van der Waals surface area contributed by atoms with Crippen molar-refractivity contribution in [2.24, 2.45) is 0 Å². The molecule has 0 unspecified atom stereocenters. The Bertz CT molecular complexity index is 809. The van der Waals surface area contributed by atoms with E-state index in [1.807, 2.05) is 24.3 Å². The summed E-state index contributed by atoms with van der Waals surface area (Å²) in [7, 11) is 1.60. The molecule has 0 aromatic heterocycles. The van der Waals surface area contributed by atoms with Gasteiger partial charge in [0.2, 0.25) is 0 Å². The number of halogens is 1. The number of hydrogen-bond donors (Lipinski definition) is 0. The highest BCUT2D eigenvalue weighted by molar-refractivity contribution is 6.21. The Morgan fingerprint density at radius 2 is 1.76 bits per heavy atom. The Kier molecular flexibility index (Phi) is 4.93. The number of hydrogen-bond acceptors (Lipinski definition) is 3. The van der Waals surface area contributed by atoms with Crippen LogP contribution in [0.3, 0.4) is 0 Å². The summed E-state index contributed by atoms with van der Waals surface area (Å²) in [5.74, 6) is -0.626. The normalized spacial score (nSPS) is 14.0. The Balaban J connectivity index is 1.61. The van der Waals surface area contributed by atoms with Crippen LogP contribution in [0.4, 0.5) is 4.39 Å². The van der Waals surface area contributed by atoms with Crippen LogP contribution in [0.25, 0.3) is 0 Å². The van der Waals surface area contributed by atoms with E-state index in [1.54, 1.807) is 31.4 Å². The quantitative estimate of drug-likeness (QED) is 0.753. The molecule has 0 radical (unpaired) electrons. The minimum absolute atomic E-state index is 0.329. The molecule has 0 saturated heterocycles. The van der Waals surface area contributed by atoms with E-state index in [2.05, 4.69) is 0 Å². The summed E-state index contributed by atoms with van der Waals surface area (Å²) in [4.78, 5) is 25.4. The summed E-state index contributed by atoms with van der Waals surface area (Å²) in [5, 5.41) is 0. The maximum atomic E-state index is 14.2. The highest BCUT2D eigenvalue weighted by Crippen LogP contribution is 2.23. The molecule has 1 heterocycles. The van der Waals surface area contributed by atoms with Gasteiger partial charge in [-0.2, -0.15) is 0 Å². The van der Waals surface area contributed by atoms with Gasteiger partial charge in [-0.1, -0.05) is 30.3 Å². The van der Waals surface area contributed by atoms with Gasteiger partial charge in [0, 0.05) is 0 Å². The molecule has 1 aliphatic rings. The van der Waals surface area contributed by atoms with Gasteiger partial charge in [-0.3, -0.25) is 14.5 Å². The van der Waals surface area contributed by atoms with Gasteiger partial charge in [0.05, 0.1) is 24.8 Å². The van der Waals surface area contributed by atoms with Gasteiger partial charge in [0.25, 0.3) is 11.8 Å². The van der Waals surface area contributed by atoms with Gasteiger partial charge in [0.15, 0.2) is 0 Å². The molecule has 0 aliphatic carbocycles. The van der Waals surface area contributed by atoms with E-state index in [4.69, 9.17) is 4.74 Å². The third kappa shape index (κ3) is 3.60. The number of methoxy groups -OCH3 is 1. The van der Waals surface area contributed by atoms with Gasteiger partial charge >= 0.3 is 0 Å². The number of carbonyl (C=O) groups is 2. The maximum absolute atomic E-state index is 14.2. The lowest BCUT2D eigenvalue weighted by atomic mass is 10.1. The molecule has 0 N–H and O–H groups in total. The first kappa shape index (κ1) is 16.9. The largest absolute Gasteiger partial charge is 0.497 e. The van der Waals surface area contributed by atoms with Crippen molar-refractivity contribution in [2.45, 2.75) is 12.8 Å². The summed E-state index contributed by atoms with van der Waals surface area (Å²) in [6.45, 7) is -0.329. The fourth-order valence-corrected chi connectivity index (χ4v) is 2.82. The lowest BCUT2D eigenvalue weighted by Gasteiger charge is -2.12. The molecule has 0 spiro atoms. The van der Waals surface area contributed by atoms with Crippen LogP contribution in [0.1, 0.15) is 32.7 Å². The Hall–Kier alpha value is -2.95. The fourth-order valence-electron chi connectivity index (χ4n) is 2.82. The van der Waals surface area contributed by atoms with E-state index in [0.717, 1.165) is 16.2 Å². The molecule has 0 atom stereocenters. The fraction of sp³-hybridized carbons (Fsp3) is 0.200. The predicted molar refractivity (Wildman–Crippen MR) is 92.3 cm³/mol. The van der Waals surface area contributed by atoms with Crippen LogP contribution >= 0.6 is 0 Å². The molecule has 2 aromatic carbocycles. The van der Waals surface area contributed by atoms with E-state index in [9.17, 15) is 14.0 Å². The Morgan fingerprint density at radius 3 is 2.40 bits per heavy atom. The van der Waals surface area contributed by atoms with Crippen LogP contribution in [0.2, 0.25) is 0 Å². The van der Waals surface area contributed by atoms with Crippen LogP contribution in [-0.4, -0.2) is 30.4 Å². The lowest BCUT2D eigenvalue weighted by Crippen LogP contribution is -2.31. The van der Waals surface area contributed by atoms with Crippen molar-refractivity contribution < 1.29 is 18.7 Å². The average Bonchev–Trinajstić information content (AvgIpc) is 2.87.